The molecular formula is C46H54N8O8S2. The van der Waals surface area contributed by atoms with Crippen LogP contribution in [0.5, 0.6) is 0 Å². The van der Waals surface area contributed by atoms with Crippen LogP contribution >= 0.6 is 22.7 Å². The Morgan fingerprint density at radius 1 is 0.812 bits per heavy atom. The lowest BCUT2D eigenvalue weighted by molar-refractivity contribution is -0.144. The standard InChI is InChI=1S/C46H54N8O8S2/c1-30-39(64-29-50-30)32-12-10-31(11-13-32)26-49-43(58)37-9-7-20-54(37)44(59)40(46(2,3)4)52-38(55)27-62-25-24-61-23-22-60-21-19-48-41(56)33-14-16-34(17-15-33)42(57)53-45-51-36(28-63-45)35-8-5-6-18-47-35/h5-6,8,10-18,28-29,37,40H,7,9,19-27H2,1-4H3,(H,48,56)(H,49,58)(H,52,55)(H,51,53,57)/t37?,40-/m1/s1. The van der Waals surface area contributed by atoms with Crippen molar-refractivity contribution in [3.8, 4) is 21.8 Å². The van der Waals surface area contributed by atoms with Gasteiger partial charge in [-0.3, -0.25) is 34.3 Å². The van der Waals surface area contributed by atoms with Gasteiger partial charge in [0, 0.05) is 42.3 Å². The van der Waals surface area contributed by atoms with E-state index in [4.69, 9.17) is 14.2 Å². The number of carbonyl (C=O) groups excluding carboxylic acids is 5. The number of carbonyl (C=O) groups is 5. The monoisotopic (exact) mass is 910 g/mol. The highest BCUT2D eigenvalue weighted by atomic mass is 32.1. The molecule has 0 radical (unpaired) electrons. The normalized spacial score (nSPS) is 14.2. The molecule has 64 heavy (non-hydrogen) atoms. The largest absolute Gasteiger partial charge is 0.377 e. The van der Waals surface area contributed by atoms with Crippen molar-refractivity contribution in [2.24, 2.45) is 5.41 Å². The van der Waals surface area contributed by atoms with E-state index >= 15 is 0 Å². The average Bonchev–Trinajstić information content (AvgIpc) is 4.08. The number of ether oxygens (including phenoxy) is 3. The third kappa shape index (κ3) is 13.5. The maximum Gasteiger partial charge on any atom is 0.257 e. The molecule has 1 saturated heterocycles. The number of rotatable bonds is 21. The van der Waals surface area contributed by atoms with Crippen molar-refractivity contribution in [1.29, 1.82) is 0 Å². The van der Waals surface area contributed by atoms with E-state index in [1.807, 2.05) is 81.1 Å². The summed E-state index contributed by atoms with van der Waals surface area (Å²) >= 11 is 2.89. The van der Waals surface area contributed by atoms with Crippen LogP contribution in [0.1, 0.15) is 65.6 Å². The molecule has 3 aromatic heterocycles. The summed E-state index contributed by atoms with van der Waals surface area (Å²) in [6.45, 7) is 9.57. The Morgan fingerprint density at radius 2 is 1.52 bits per heavy atom. The van der Waals surface area contributed by atoms with Gasteiger partial charge >= 0.3 is 0 Å². The van der Waals surface area contributed by atoms with Gasteiger partial charge in [-0.25, -0.2) is 9.97 Å². The summed E-state index contributed by atoms with van der Waals surface area (Å²) in [7, 11) is 0. The molecule has 1 unspecified atom stereocenters. The second-order valence-electron chi connectivity index (χ2n) is 16.1. The fraction of sp³-hybridized carbons (Fsp3) is 0.391. The van der Waals surface area contributed by atoms with Gasteiger partial charge in [-0.15, -0.1) is 22.7 Å². The van der Waals surface area contributed by atoms with Crippen LogP contribution in [-0.4, -0.2) is 114 Å². The molecule has 16 nitrogen and oxygen atoms in total. The van der Waals surface area contributed by atoms with Crippen LogP contribution in [0.4, 0.5) is 5.13 Å². The lowest BCUT2D eigenvalue weighted by atomic mass is 9.85. The topological polar surface area (TPSA) is 203 Å². The van der Waals surface area contributed by atoms with Gasteiger partial charge in [-0.2, -0.15) is 0 Å². The van der Waals surface area contributed by atoms with Gasteiger partial charge in [0.05, 0.1) is 54.8 Å². The first-order valence-corrected chi connectivity index (χ1v) is 22.8. The predicted octanol–water partition coefficient (Wildman–Crippen LogP) is 5.51. The molecule has 4 heterocycles. The molecule has 1 aliphatic heterocycles. The van der Waals surface area contributed by atoms with Crippen LogP contribution in [0.2, 0.25) is 0 Å². The molecule has 5 aromatic rings. The van der Waals surface area contributed by atoms with Crippen molar-refractivity contribution >= 4 is 57.3 Å². The smallest absolute Gasteiger partial charge is 0.257 e. The number of likely N-dealkylation sites (tertiary alicyclic amines) is 1. The zero-order chi connectivity index (χ0) is 45.5. The van der Waals surface area contributed by atoms with Crippen LogP contribution in [-0.2, 0) is 35.1 Å². The molecule has 1 aliphatic rings. The number of hydrogen-bond acceptors (Lipinski definition) is 13. The minimum absolute atomic E-state index is 0.151. The van der Waals surface area contributed by atoms with Crippen molar-refractivity contribution < 1.29 is 38.2 Å². The summed E-state index contributed by atoms with van der Waals surface area (Å²) in [4.78, 5) is 81.2. The van der Waals surface area contributed by atoms with Gasteiger partial charge < -0.3 is 35.1 Å². The number of pyridine rings is 1. The van der Waals surface area contributed by atoms with E-state index in [2.05, 4.69) is 36.2 Å². The molecule has 0 bridgehead atoms. The highest BCUT2D eigenvalue weighted by Crippen LogP contribution is 2.29. The first-order valence-electron chi connectivity index (χ1n) is 21.0. The second kappa shape index (κ2) is 23.1. The fourth-order valence-corrected chi connectivity index (χ4v) is 8.34. The summed E-state index contributed by atoms with van der Waals surface area (Å²) in [5.74, 6) is -1.61. The fourth-order valence-electron chi connectivity index (χ4n) is 6.83. The Labute approximate surface area is 380 Å². The minimum atomic E-state index is -0.861. The summed E-state index contributed by atoms with van der Waals surface area (Å²) in [6.07, 6.45) is 2.91. The van der Waals surface area contributed by atoms with Crippen molar-refractivity contribution in [3.63, 3.8) is 0 Å². The lowest BCUT2D eigenvalue weighted by Gasteiger charge is -2.35. The highest BCUT2D eigenvalue weighted by Gasteiger charge is 2.41. The Bertz CT molecular complexity index is 2330. The number of hydrogen-bond donors (Lipinski definition) is 4. The van der Waals surface area contributed by atoms with Gasteiger partial charge in [-0.05, 0) is 72.7 Å². The number of amides is 5. The molecule has 1 fully saturated rings. The van der Waals surface area contributed by atoms with Crippen LogP contribution in [0.15, 0.2) is 83.8 Å². The molecule has 0 aliphatic carbocycles. The van der Waals surface area contributed by atoms with E-state index < -0.39 is 23.4 Å². The Kier molecular flexibility index (Phi) is 17.2. The summed E-state index contributed by atoms with van der Waals surface area (Å²) in [5.41, 5.74) is 6.38. The van der Waals surface area contributed by atoms with E-state index in [1.54, 1.807) is 46.7 Å². The van der Waals surface area contributed by atoms with Gasteiger partial charge in [-0.1, -0.05) is 51.1 Å². The van der Waals surface area contributed by atoms with Gasteiger partial charge in [0.1, 0.15) is 24.4 Å². The maximum atomic E-state index is 13.9. The quantitative estimate of drug-likeness (QED) is 0.0677. The van der Waals surface area contributed by atoms with Gasteiger partial charge in [0.25, 0.3) is 11.8 Å². The van der Waals surface area contributed by atoms with E-state index in [9.17, 15) is 24.0 Å². The maximum absolute atomic E-state index is 13.9. The number of nitrogens with zero attached hydrogens (tertiary/aromatic N) is 4. The number of anilines is 1. The molecule has 6 rings (SSSR count). The number of aromatic nitrogens is 3. The Hall–Kier alpha value is -5.92. The molecular weight excluding hydrogens is 857 g/mol. The molecule has 4 N–H and O–H groups in total. The SMILES string of the molecule is Cc1ncsc1-c1ccc(CNC(=O)C2CCCN2C(=O)[C@@H](NC(=O)COCCOCCOCCNC(=O)c2ccc(C(=O)Nc3nc(-c4ccccn4)cs3)cc2)C(C)(C)C)cc1. The zero-order valence-corrected chi connectivity index (χ0v) is 38.0. The molecule has 0 spiro atoms. The van der Waals surface area contributed by atoms with Crippen LogP contribution in [0.25, 0.3) is 21.8 Å². The molecule has 18 heteroatoms. The van der Waals surface area contributed by atoms with Gasteiger partial charge in [0.2, 0.25) is 17.7 Å². The number of aryl methyl sites for hydroxylation is 1. The zero-order valence-electron chi connectivity index (χ0n) is 36.4. The second-order valence-corrected chi connectivity index (χ2v) is 17.8. The Balaban J connectivity index is 0.813. The van der Waals surface area contributed by atoms with E-state index in [1.165, 1.54) is 11.3 Å². The van der Waals surface area contributed by atoms with E-state index in [0.717, 1.165) is 21.7 Å². The van der Waals surface area contributed by atoms with Gasteiger partial charge in [0.15, 0.2) is 5.13 Å². The summed E-state index contributed by atoms with van der Waals surface area (Å²) < 4.78 is 16.6. The van der Waals surface area contributed by atoms with Crippen molar-refractivity contribution in [2.75, 3.05) is 58.0 Å². The van der Waals surface area contributed by atoms with E-state index in [0.29, 0.717) is 53.6 Å². The van der Waals surface area contributed by atoms with Crippen LogP contribution < -0.4 is 21.3 Å². The van der Waals surface area contributed by atoms with Crippen molar-refractivity contribution in [1.82, 2.24) is 35.8 Å². The lowest BCUT2D eigenvalue weighted by Crippen LogP contribution is -2.58. The highest BCUT2D eigenvalue weighted by molar-refractivity contribution is 7.14. The third-order valence-corrected chi connectivity index (χ3v) is 12.0. The number of thiazole rings is 2. The molecule has 2 atom stereocenters. The molecule has 5 amide bonds. The summed E-state index contributed by atoms with van der Waals surface area (Å²) in [6, 6.07) is 18.3. The average molecular weight is 911 g/mol. The predicted molar refractivity (Wildman–Crippen MR) is 245 cm³/mol. The molecule has 338 valence electrons. The summed E-state index contributed by atoms with van der Waals surface area (Å²) in [5, 5.41) is 13.7. The van der Waals surface area contributed by atoms with E-state index in [-0.39, 0.29) is 69.8 Å². The first-order chi connectivity index (χ1) is 30.9. The van der Waals surface area contributed by atoms with Crippen molar-refractivity contribution in [2.45, 2.75) is 59.2 Å². The Morgan fingerprint density at radius 3 is 2.19 bits per heavy atom. The van der Waals surface area contributed by atoms with Crippen molar-refractivity contribution in [3.05, 3.63) is 106 Å². The number of benzene rings is 2. The molecule has 0 saturated carbocycles. The first kappa shape index (κ1) is 47.6. The third-order valence-electron chi connectivity index (χ3n) is 10.3. The minimum Gasteiger partial charge on any atom is -0.377 e. The van der Waals surface area contributed by atoms with Crippen LogP contribution in [0, 0.1) is 12.3 Å². The van der Waals surface area contributed by atoms with Crippen LogP contribution in [0.3, 0.4) is 0 Å². The molecule has 2 aromatic carbocycles. The number of nitrogens with one attached hydrogen (secondary N) is 4.